The maximum absolute atomic E-state index is 13.3. The van der Waals surface area contributed by atoms with E-state index in [1.54, 1.807) is 0 Å². The molecule has 134 valence electrons. The first kappa shape index (κ1) is 17.8. The van der Waals surface area contributed by atoms with E-state index in [0.717, 1.165) is 42.1 Å². The number of fused-ring (bicyclic) bond motifs is 2. The number of carbonyl (C=O) groups is 1. The van der Waals surface area contributed by atoms with Crippen molar-refractivity contribution in [2.24, 2.45) is 5.92 Å². The molecule has 0 fully saturated rings. The number of hydrogen-bond acceptors (Lipinski definition) is 4. The fourth-order valence-corrected chi connectivity index (χ4v) is 3.77. The van der Waals surface area contributed by atoms with Crippen LogP contribution in [-0.4, -0.2) is 42.8 Å². The predicted molar refractivity (Wildman–Crippen MR) is 102 cm³/mol. The normalized spacial score (nSPS) is 19.5. The van der Waals surface area contributed by atoms with Crippen LogP contribution in [0.5, 0.6) is 0 Å². The topological polar surface area (TPSA) is 64.3 Å². The summed E-state index contributed by atoms with van der Waals surface area (Å²) in [6.07, 6.45) is 0.894. The molecule has 6 nitrogen and oxygen atoms in total. The van der Waals surface area contributed by atoms with E-state index in [9.17, 15) is 4.79 Å². The van der Waals surface area contributed by atoms with Gasteiger partial charge in [0.15, 0.2) is 5.69 Å². The summed E-state index contributed by atoms with van der Waals surface area (Å²) in [4.78, 5) is 17.4. The predicted octanol–water partition coefficient (Wildman–Crippen LogP) is 2.21. The Labute approximate surface area is 154 Å². The Kier molecular flexibility index (Phi) is 5.01. The smallest absolute Gasteiger partial charge is 0.279 e. The van der Waals surface area contributed by atoms with Gasteiger partial charge in [-0.25, -0.2) is 0 Å². The van der Waals surface area contributed by atoms with E-state index in [-0.39, 0.29) is 18.3 Å². The summed E-state index contributed by atoms with van der Waals surface area (Å²) in [5.41, 5.74) is 4.73. The van der Waals surface area contributed by atoms with E-state index < -0.39 is 0 Å². The van der Waals surface area contributed by atoms with E-state index in [2.05, 4.69) is 40.5 Å². The summed E-state index contributed by atoms with van der Waals surface area (Å²) in [5, 5.41) is 10.7. The lowest BCUT2D eigenvalue weighted by atomic mass is 10.1. The van der Waals surface area contributed by atoms with Crippen molar-refractivity contribution in [3.8, 4) is 0 Å². The number of rotatable bonds is 1. The van der Waals surface area contributed by atoms with Crippen LogP contribution in [0.25, 0.3) is 0 Å². The molecule has 2 aliphatic rings. The van der Waals surface area contributed by atoms with Gasteiger partial charge in [-0.1, -0.05) is 19.1 Å². The third-order valence-electron chi connectivity index (χ3n) is 4.92. The molecule has 4 rings (SSSR count). The zero-order valence-electron chi connectivity index (χ0n) is 14.6. The first-order valence-electron chi connectivity index (χ1n) is 8.54. The van der Waals surface area contributed by atoms with E-state index in [0.29, 0.717) is 24.7 Å². The zero-order chi connectivity index (χ0) is 16.7. The number of nitrogens with one attached hydrogen (secondary N) is 2. The Hall–Kier alpha value is -2.05. The van der Waals surface area contributed by atoms with Crippen LogP contribution in [0.1, 0.15) is 28.7 Å². The number of amides is 1. The highest BCUT2D eigenvalue weighted by molar-refractivity contribution is 6.07. The molecule has 1 unspecified atom stereocenters. The van der Waals surface area contributed by atoms with Gasteiger partial charge in [-0.15, -0.1) is 12.4 Å². The SMILES string of the molecule is CC1CN(C)c2ccccc2N(C(=O)c2n[nH]c3c2CNCC3)C1.Cl. The number of para-hydroxylation sites is 2. The average molecular weight is 362 g/mol. The number of carbonyl (C=O) groups excluding carboxylic acids is 1. The summed E-state index contributed by atoms with van der Waals surface area (Å²) in [6, 6.07) is 8.12. The molecule has 0 radical (unpaired) electrons. The third-order valence-corrected chi connectivity index (χ3v) is 4.92. The lowest BCUT2D eigenvalue weighted by molar-refractivity contribution is 0.0978. The molecule has 0 spiro atoms. The van der Waals surface area contributed by atoms with E-state index >= 15 is 0 Å². The van der Waals surface area contributed by atoms with Gasteiger partial charge in [0.05, 0.1) is 11.4 Å². The Balaban J connectivity index is 0.00000182. The van der Waals surface area contributed by atoms with Crippen molar-refractivity contribution in [3.05, 3.63) is 41.2 Å². The van der Waals surface area contributed by atoms with Gasteiger partial charge in [0, 0.05) is 50.9 Å². The van der Waals surface area contributed by atoms with Gasteiger partial charge >= 0.3 is 0 Å². The summed E-state index contributed by atoms with van der Waals surface area (Å²) >= 11 is 0. The van der Waals surface area contributed by atoms with E-state index in [4.69, 9.17) is 0 Å². The van der Waals surface area contributed by atoms with Crippen molar-refractivity contribution in [2.75, 3.05) is 36.5 Å². The Morgan fingerprint density at radius 2 is 2.00 bits per heavy atom. The molecule has 25 heavy (non-hydrogen) atoms. The zero-order valence-corrected chi connectivity index (χ0v) is 15.4. The largest absolute Gasteiger partial charge is 0.373 e. The molecule has 2 aromatic rings. The standard InChI is InChI=1S/C18H23N5O.ClH/c1-12-10-22(2)15-5-3-4-6-16(15)23(11-12)18(24)17-13-9-19-8-7-14(13)20-21-17;/h3-6,12,19H,7-11H2,1-2H3,(H,20,21);1H. The average Bonchev–Trinajstić information content (AvgIpc) is 2.97. The van der Waals surface area contributed by atoms with Crippen LogP contribution in [-0.2, 0) is 13.0 Å². The molecule has 0 bridgehead atoms. The van der Waals surface area contributed by atoms with Crippen molar-refractivity contribution in [1.82, 2.24) is 15.5 Å². The van der Waals surface area contributed by atoms with Gasteiger partial charge < -0.3 is 15.1 Å². The van der Waals surface area contributed by atoms with Gasteiger partial charge in [-0.3, -0.25) is 9.89 Å². The molecule has 3 heterocycles. The second kappa shape index (κ2) is 7.06. The highest BCUT2D eigenvalue weighted by atomic mass is 35.5. The van der Waals surface area contributed by atoms with Gasteiger partial charge in [0.2, 0.25) is 0 Å². The molecule has 0 aliphatic carbocycles. The highest BCUT2D eigenvalue weighted by Gasteiger charge is 2.31. The van der Waals surface area contributed by atoms with Crippen LogP contribution in [0.2, 0.25) is 0 Å². The number of nitrogens with zero attached hydrogens (tertiary/aromatic N) is 3. The summed E-state index contributed by atoms with van der Waals surface area (Å²) < 4.78 is 0. The van der Waals surface area contributed by atoms with E-state index in [1.807, 2.05) is 23.1 Å². The molecule has 0 saturated heterocycles. The molecule has 2 N–H and O–H groups in total. The fraction of sp³-hybridized carbons (Fsp3) is 0.444. The molecule has 0 saturated carbocycles. The number of hydrogen-bond donors (Lipinski definition) is 2. The maximum Gasteiger partial charge on any atom is 0.279 e. The minimum Gasteiger partial charge on any atom is -0.373 e. The lowest BCUT2D eigenvalue weighted by Gasteiger charge is -2.24. The number of H-pyrrole nitrogens is 1. The Bertz CT molecular complexity index is 775. The lowest BCUT2D eigenvalue weighted by Crippen LogP contribution is -2.36. The minimum absolute atomic E-state index is 0. The van der Waals surface area contributed by atoms with Crippen molar-refractivity contribution in [2.45, 2.75) is 19.9 Å². The second-order valence-corrected chi connectivity index (χ2v) is 6.85. The third kappa shape index (κ3) is 3.12. The van der Waals surface area contributed by atoms with Crippen LogP contribution in [0, 0.1) is 5.92 Å². The van der Waals surface area contributed by atoms with Crippen LogP contribution in [0.3, 0.4) is 0 Å². The van der Waals surface area contributed by atoms with Gasteiger partial charge in [-0.05, 0) is 18.1 Å². The van der Waals surface area contributed by atoms with Crippen molar-refractivity contribution in [3.63, 3.8) is 0 Å². The van der Waals surface area contributed by atoms with Gasteiger partial charge in [0.1, 0.15) is 0 Å². The molecule has 1 amide bonds. The first-order valence-corrected chi connectivity index (χ1v) is 8.54. The minimum atomic E-state index is -0.00852. The Morgan fingerprint density at radius 1 is 1.24 bits per heavy atom. The number of halogens is 1. The van der Waals surface area contributed by atoms with Gasteiger partial charge in [0.25, 0.3) is 5.91 Å². The molecule has 7 heteroatoms. The van der Waals surface area contributed by atoms with Crippen LogP contribution in [0.4, 0.5) is 11.4 Å². The summed E-state index contributed by atoms with van der Waals surface area (Å²) in [5.74, 6) is 0.380. The molecule has 1 aromatic heterocycles. The number of aromatic nitrogens is 2. The number of aromatic amines is 1. The van der Waals surface area contributed by atoms with Crippen molar-refractivity contribution < 1.29 is 4.79 Å². The number of benzene rings is 1. The first-order chi connectivity index (χ1) is 11.6. The molecule has 1 atom stereocenters. The van der Waals surface area contributed by atoms with E-state index in [1.165, 1.54) is 0 Å². The molecular weight excluding hydrogens is 338 g/mol. The fourth-order valence-electron chi connectivity index (χ4n) is 3.77. The molecule has 2 aliphatic heterocycles. The monoisotopic (exact) mass is 361 g/mol. The van der Waals surface area contributed by atoms with Crippen molar-refractivity contribution in [1.29, 1.82) is 0 Å². The Morgan fingerprint density at radius 3 is 2.80 bits per heavy atom. The number of anilines is 2. The summed E-state index contributed by atoms with van der Waals surface area (Å²) in [7, 11) is 2.09. The van der Waals surface area contributed by atoms with Crippen LogP contribution in [0.15, 0.2) is 24.3 Å². The molecule has 1 aromatic carbocycles. The quantitative estimate of drug-likeness (QED) is 0.817. The second-order valence-electron chi connectivity index (χ2n) is 6.85. The highest BCUT2D eigenvalue weighted by Crippen LogP contribution is 2.33. The van der Waals surface area contributed by atoms with Crippen LogP contribution < -0.4 is 15.1 Å². The molecular formula is C18H24ClN5O. The van der Waals surface area contributed by atoms with Crippen molar-refractivity contribution >= 4 is 29.7 Å². The summed E-state index contributed by atoms with van der Waals surface area (Å²) in [6.45, 7) is 5.45. The van der Waals surface area contributed by atoms with Gasteiger partial charge in [-0.2, -0.15) is 5.10 Å². The van der Waals surface area contributed by atoms with Crippen LogP contribution >= 0.6 is 12.4 Å². The maximum atomic E-state index is 13.3.